The summed E-state index contributed by atoms with van der Waals surface area (Å²) in [4.78, 5) is 0. The normalized spacial score (nSPS) is 12.5. The summed E-state index contributed by atoms with van der Waals surface area (Å²) >= 11 is 5.63. The molecule has 0 aliphatic carbocycles. The van der Waals surface area contributed by atoms with Gasteiger partial charge in [0.15, 0.2) is 5.22 Å². The van der Waals surface area contributed by atoms with Crippen LogP contribution in [0.4, 0.5) is 0 Å². The van der Waals surface area contributed by atoms with E-state index in [1.165, 1.54) is 6.26 Å². The molecule has 0 aliphatic heterocycles. The maximum Gasteiger partial charge on any atom is 0.198 e. The molecule has 3 N–H and O–H groups in total. The molecule has 0 saturated heterocycles. The third kappa shape index (κ3) is 1.55. The molecule has 0 fully saturated rings. The van der Waals surface area contributed by atoms with Crippen molar-refractivity contribution in [1.29, 1.82) is 0 Å². The van der Waals surface area contributed by atoms with Gasteiger partial charge in [-0.1, -0.05) is 5.92 Å². The fraction of sp³-hybridized carbons (Fsp3) is 0.143. The van der Waals surface area contributed by atoms with Crippen molar-refractivity contribution in [2.45, 2.75) is 6.04 Å². The number of terminal acetylenes is 1. The van der Waals surface area contributed by atoms with Crippen molar-refractivity contribution in [3.05, 3.63) is 23.1 Å². The molecule has 0 spiro atoms. The first-order valence-corrected chi connectivity index (χ1v) is 3.32. The van der Waals surface area contributed by atoms with Gasteiger partial charge in [0, 0.05) is 5.56 Å². The Morgan fingerprint density at radius 1 is 1.82 bits per heavy atom. The molecule has 3 nitrogen and oxygen atoms in total. The van der Waals surface area contributed by atoms with E-state index in [1.807, 2.05) is 0 Å². The summed E-state index contributed by atoms with van der Waals surface area (Å²) in [5.41, 5.74) is 3.09. The van der Waals surface area contributed by atoms with E-state index in [1.54, 1.807) is 6.07 Å². The first-order chi connectivity index (χ1) is 5.29. The number of halogens is 1. The molecule has 1 aromatic heterocycles. The maximum atomic E-state index is 5.63. The lowest BCUT2D eigenvalue weighted by Crippen LogP contribution is -2.26. The average Bonchev–Trinajstić information content (AvgIpc) is 2.40. The molecule has 11 heavy (non-hydrogen) atoms. The molecule has 58 valence electrons. The Bertz CT molecular complexity index is 276. The highest BCUT2D eigenvalue weighted by atomic mass is 35.5. The quantitative estimate of drug-likeness (QED) is 0.397. The third-order valence-electron chi connectivity index (χ3n) is 1.29. The zero-order chi connectivity index (χ0) is 8.27. The number of nitrogens with one attached hydrogen (secondary N) is 1. The Morgan fingerprint density at radius 2 is 2.55 bits per heavy atom. The minimum Gasteiger partial charge on any atom is -0.453 e. The molecule has 0 aliphatic rings. The molecule has 0 amide bonds. The standard InChI is InChI=1S/C7H7ClN2O/c1-2-6(10-9)5-3-4-11-7(5)8/h1,3-4,6,10H,9H2. The molecule has 4 heteroatoms. The second-order valence-corrected chi connectivity index (χ2v) is 2.26. The molecule has 1 unspecified atom stereocenters. The van der Waals surface area contributed by atoms with Crippen LogP contribution in [0, 0.1) is 12.3 Å². The lowest BCUT2D eigenvalue weighted by Gasteiger charge is -2.05. The van der Waals surface area contributed by atoms with Crippen LogP contribution in [0.25, 0.3) is 0 Å². The van der Waals surface area contributed by atoms with Crippen LogP contribution in [-0.4, -0.2) is 0 Å². The van der Waals surface area contributed by atoms with Crippen LogP contribution in [0.3, 0.4) is 0 Å². The SMILES string of the molecule is C#CC(NN)c1ccoc1Cl. The predicted octanol–water partition coefficient (Wildman–Crippen LogP) is 1.07. The molecular formula is C7H7ClN2O. The van der Waals surface area contributed by atoms with Crippen molar-refractivity contribution in [2.75, 3.05) is 0 Å². The van der Waals surface area contributed by atoms with Gasteiger partial charge in [0.05, 0.1) is 6.26 Å². The zero-order valence-electron chi connectivity index (χ0n) is 5.67. The molecular weight excluding hydrogens is 164 g/mol. The highest BCUT2D eigenvalue weighted by Crippen LogP contribution is 2.22. The summed E-state index contributed by atoms with van der Waals surface area (Å²) in [6, 6.07) is 1.29. The van der Waals surface area contributed by atoms with E-state index in [0.29, 0.717) is 5.56 Å². The minimum atomic E-state index is -0.388. The monoisotopic (exact) mass is 170 g/mol. The van der Waals surface area contributed by atoms with Crippen molar-refractivity contribution >= 4 is 11.6 Å². The van der Waals surface area contributed by atoms with E-state index in [0.717, 1.165) is 0 Å². The zero-order valence-corrected chi connectivity index (χ0v) is 6.43. The Balaban J connectivity index is 2.92. The minimum absolute atomic E-state index is 0.269. The van der Waals surface area contributed by atoms with Crippen molar-refractivity contribution in [3.8, 4) is 12.3 Å². The van der Waals surface area contributed by atoms with E-state index in [2.05, 4.69) is 11.3 Å². The van der Waals surface area contributed by atoms with Crippen LogP contribution in [-0.2, 0) is 0 Å². The van der Waals surface area contributed by atoms with Gasteiger partial charge in [-0.25, -0.2) is 5.43 Å². The smallest absolute Gasteiger partial charge is 0.198 e. The fourth-order valence-electron chi connectivity index (χ4n) is 0.738. The van der Waals surface area contributed by atoms with Gasteiger partial charge in [0.2, 0.25) is 0 Å². The fourth-order valence-corrected chi connectivity index (χ4v) is 0.962. The highest BCUT2D eigenvalue weighted by Gasteiger charge is 2.11. The van der Waals surface area contributed by atoms with Gasteiger partial charge in [-0.2, -0.15) is 0 Å². The largest absolute Gasteiger partial charge is 0.453 e. The Labute approximate surface area is 69.5 Å². The average molecular weight is 171 g/mol. The summed E-state index contributed by atoms with van der Waals surface area (Å²) in [6.45, 7) is 0. The van der Waals surface area contributed by atoms with Gasteiger partial charge in [-0.15, -0.1) is 6.42 Å². The van der Waals surface area contributed by atoms with Crippen LogP contribution < -0.4 is 11.3 Å². The van der Waals surface area contributed by atoms with Gasteiger partial charge in [-0.05, 0) is 17.7 Å². The first kappa shape index (κ1) is 8.15. The first-order valence-electron chi connectivity index (χ1n) is 2.94. The van der Waals surface area contributed by atoms with Crippen LogP contribution in [0.2, 0.25) is 5.22 Å². The van der Waals surface area contributed by atoms with Crippen LogP contribution in [0.15, 0.2) is 16.7 Å². The summed E-state index contributed by atoms with van der Waals surface area (Å²) in [7, 11) is 0. The van der Waals surface area contributed by atoms with E-state index < -0.39 is 0 Å². The lowest BCUT2D eigenvalue weighted by atomic mass is 10.2. The Morgan fingerprint density at radius 3 is 2.91 bits per heavy atom. The van der Waals surface area contributed by atoms with Crippen LogP contribution in [0.1, 0.15) is 11.6 Å². The second-order valence-electron chi connectivity index (χ2n) is 1.92. The Kier molecular flexibility index (Phi) is 2.55. The third-order valence-corrected chi connectivity index (χ3v) is 1.60. The van der Waals surface area contributed by atoms with Gasteiger partial charge >= 0.3 is 0 Å². The van der Waals surface area contributed by atoms with E-state index >= 15 is 0 Å². The number of rotatable bonds is 2. The van der Waals surface area contributed by atoms with E-state index in [-0.39, 0.29) is 11.3 Å². The summed E-state index contributed by atoms with van der Waals surface area (Å²) in [5.74, 6) is 7.56. The van der Waals surface area contributed by atoms with Crippen LogP contribution >= 0.6 is 11.6 Å². The van der Waals surface area contributed by atoms with Crippen LogP contribution in [0.5, 0.6) is 0 Å². The van der Waals surface area contributed by atoms with Gasteiger partial charge in [0.25, 0.3) is 0 Å². The molecule has 0 aromatic carbocycles. The Hall–Kier alpha value is -0.950. The summed E-state index contributed by atoms with van der Waals surface area (Å²) in [5, 5.41) is 0.269. The molecule has 0 bridgehead atoms. The van der Waals surface area contributed by atoms with Gasteiger partial charge in [-0.3, -0.25) is 5.84 Å². The van der Waals surface area contributed by atoms with Crippen molar-refractivity contribution in [1.82, 2.24) is 5.43 Å². The van der Waals surface area contributed by atoms with Crippen molar-refractivity contribution in [2.24, 2.45) is 5.84 Å². The topological polar surface area (TPSA) is 51.2 Å². The van der Waals surface area contributed by atoms with Crippen molar-refractivity contribution < 1.29 is 4.42 Å². The maximum absolute atomic E-state index is 5.63. The van der Waals surface area contributed by atoms with Gasteiger partial charge in [0.1, 0.15) is 6.04 Å². The number of furan rings is 1. The second kappa shape index (κ2) is 3.44. The van der Waals surface area contributed by atoms with E-state index in [4.69, 9.17) is 28.3 Å². The lowest BCUT2D eigenvalue weighted by molar-refractivity contribution is 0.559. The number of hydrazine groups is 1. The number of hydrogen-bond acceptors (Lipinski definition) is 3. The molecule has 1 heterocycles. The summed E-state index contributed by atoms with van der Waals surface area (Å²) < 4.78 is 4.82. The number of nitrogens with two attached hydrogens (primary N) is 1. The highest BCUT2D eigenvalue weighted by molar-refractivity contribution is 6.29. The molecule has 1 atom stereocenters. The van der Waals surface area contributed by atoms with Gasteiger partial charge < -0.3 is 4.42 Å². The summed E-state index contributed by atoms with van der Waals surface area (Å²) in [6.07, 6.45) is 6.61. The van der Waals surface area contributed by atoms with E-state index in [9.17, 15) is 0 Å². The predicted molar refractivity (Wildman–Crippen MR) is 42.6 cm³/mol. The van der Waals surface area contributed by atoms with Crippen molar-refractivity contribution in [3.63, 3.8) is 0 Å². The molecule has 1 rings (SSSR count). The molecule has 1 aromatic rings. The molecule has 0 radical (unpaired) electrons. The number of hydrogen-bond donors (Lipinski definition) is 2. The molecule has 0 saturated carbocycles.